The highest BCUT2D eigenvalue weighted by atomic mass is 16.5. The van der Waals surface area contributed by atoms with Gasteiger partial charge in [-0.3, -0.25) is 0 Å². The summed E-state index contributed by atoms with van der Waals surface area (Å²) in [4.78, 5) is 0. The molecular formula is C15H19NO. The van der Waals surface area contributed by atoms with Gasteiger partial charge in [-0.25, -0.2) is 0 Å². The minimum Gasteiger partial charge on any atom is -0.495 e. The normalized spacial score (nSPS) is 18.1. The van der Waals surface area contributed by atoms with Crippen molar-refractivity contribution >= 4 is 5.69 Å². The molecule has 1 saturated carbocycles. The molecule has 90 valence electrons. The molecule has 0 atom stereocenters. The summed E-state index contributed by atoms with van der Waals surface area (Å²) < 4.78 is 5.35. The molecule has 0 radical (unpaired) electrons. The lowest BCUT2D eigenvalue weighted by molar-refractivity contribution is 0.388. The monoisotopic (exact) mass is 229 g/mol. The zero-order valence-electron chi connectivity index (χ0n) is 10.3. The van der Waals surface area contributed by atoms with Crippen LogP contribution in [0, 0.1) is 12.3 Å². The van der Waals surface area contributed by atoms with Crippen LogP contribution in [0.4, 0.5) is 5.69 Å². The van der Waals surface area contributed by atoms with Crippen LogP contribution >= 0.6 is 0 Å². The maximum Gasteiger partial charge on any atom is 0.141 e. The van der Waals surface area contributed by atoms with Gasteiger partial charge in [0.2, 0.25) is 0 Å². The Balaban J connectivity index is 2.21. The first-order valence-corrected chi connectivity index (χ1v) is 6.19. The largest absolute Gasteiger partial charge is 0.495 e. The SMILES string of the molecule is C#CC1(Nc2ccccc2OC)CCCCC1. The predicted molar refractivity (Wildman–Crippen MR) is 71.3 cm³/mol. The van der Waals surface area contributed by atoms with Gasteiger partial charge in [-0.05, 0) is 25.0 Å². The van der Waals surface area contributed by atoms with Crippen LogP contribution in [0.1, 0.15) is 32.1 Å². The van der Waals surface area contributed by atoms with Crippen molar-refractivity contribution in [3.05, 3.63) is 24.3 Å². The molecule has 0 saturated heterocycles. The van der Waals surface area contributed by atoms with Crippen molar-refractivity contribution in [2.45, 2.75) is 37.6 Å². The van der Waals surface area contributed by atoms with Gasteiger partial charge in [0, 0.05) is 0 Å². The van der Waals surface area contributed by atoms with Crippen LogP contribution in [0.3, 0.4) is 0 Å². The number of anilines is 1. The topological polar surface area (TPSA) is 21.3 Å². The Bertz CT molecular complexity index is 413. The van der Waals surface area contributed by atoms with E-state index in [9.17, 15) is 0 Å². The summed E-state index contributed by atoms with van der Waals surface area (Å²) >= 11 is 0. The van der Waals surface area contributed by atoms with Gasteiger partial charge in [0.15, 0.2) is 0 Å². The average Bonchev–Trinajstić information content (AvgIpc) is 2.40. The zero-order chi connectivity index (χ0) is 12.1. The summed E-state index contributed by atoms with van der Waals surface area (Å²) in [5, 5.41) is 3.50. The molecule has 0 unspecified atom stereocenters. The second kappa shape index (κ2) is 5.14. The summed E-state index contributed by atoms with van der Waals surface area (Å²) in [5.41, 5.74) is 0.808. The minimum atomic E-state index is -0.188. The lowest BCUT2D eigenvalue weighted by atomic mass is 9.82. The van der Waals surface area contributed by atoms with Crippen LogP contribution in [0.5, 0.6) is 5.75 Å². The molecule has 0 amide bonds. The molecule has 1 fully saturated rings. The number of hydrogen-bond acceptors (Lipinski definition) is 2. The van der Waals surface area contributed by atoms with E-state index in [0.717, 1.165) is 24.3 Å². The number of nitrogens with one attached hydrogen (secondary N) is 1. The first-order valence-electron chi connectivity index (χ1n) is 6.19. The number of methoxy groups -OCH3 is 1. The van der Waals surface area contributed by atoms with Crippen molar-refractivity contribution in [3.63, 3.8) is 0 Å². The van der Waals surface area contributed by atoms with E-state index in [0.29, 0.717) is 0 Å². The van der Waals surface area contributed by atoms with Crippen LogP contribution in [-0.2, 0) is 0 Å². The lowest BCUT2D eigenvalue weighted by Crippen LogP contribution is -2.38. The van der Waals surface area contributed by atoms with E-state index in [4.69, 9.17) is 11.2 Å². The molecule has 1 aliphatic carbocycles. The van der Waals surface area contributed by atoms with Gasteiger partial charge in [0.05, 0.1) is 18.3 Å². The molecule has 1 N–H and O–H groups in total. The van der Waals surface area contributed by atoms with E-state index in [1.54, 1.807) is 7.11 Å². The number of para-hydroxylation sites is 2. The van der Waals surface area contributed by atoms with Gasteiger partial charge >= 0.3 is 0 Å². The quantitative estimate of drug-likeness (QED) is 0.802. The first kappa shape index (κ1) is 11.9. The van der Waals surface area contributed by atoms with E-state index in [2.05, 4.69) is 11.2 Å². The van der Waals surface area contributed by atoms with Crippen LogP contribution in [0.2, 0.25) is 0 Å². The first-order chi connectivity index (χ1) is 8.29. The lowest BCUT2D eigenvalue weighted by Gasteiger charge is -2.34. The number of ether oxygens (including phenoxy) is 1. The number of hydrogen-bond donors (Lipinski definition) is 1. The van der Waals surface area contributed by atoms with E-state index >= 15 is 0 Å². The smallest absolute Gasteiger partial charge is 0.141 e. The Labute approximate surface area is 103 Å². The van der Waals surface area contributed by atoms with Crippen molar-refractivity contribution in [1.82, 2.24) is 0 Å². The molecule has 0 spiro atoms. The Morgan fingerprint density at radius 1 is 1.24 bits per heavy atom. The summed E-state index contributed by atoms with van der Waals surface area (Å²) in [5.74, 6) is 3.80. The fraction of sp³-hybridized carbons (Fsp3) is 0.467. The van der Waals surface area contributed by atoms with Crippen molar-refractivity contribution in [1.29, 1.82) is 0 Å². The van der Waals surface area contributed by atoms with Gasteiger partial charge < -0.3 is 10.1 Å². The molecule has 1 aromatic rings. The summed E-state index contributed by atoms with van der Waals surface area (Å²) in [6.45, 7) is 0. The van der Waals surface area contributed by atoms with E-state index in [1.165, 1.54) is 19.3 Å². The second-order valence-corrected chi connectivity index (χ2v) is 4.61. The molecule has 0 aliphatic heterocycles. The Morgan fingerprint density at radius 2 is 1.94 bits per heavy atom. The standard InChI is InChI=1S/C15H19NO/c1-3-15(11-7-4-8-12-15)16-13-9-5-6-10-14(13)17-2/h1,5-6,9-10,16H,4,7-8,11-12H2,2H3. The third kappa shape index (κ3) is 2.55. The highest BCUT2D eigenvalue weighted by molar-refractivity contribution is 5.59. The Kier molecular flexibility index (Phi) is 3.58. The van der Waals surface area contributed by atoms with Crippen LogP contribution in [0.15, 0.2) is 24.3 Å². The Hall–Kier alpha value is -1.62. The minimum absolute atomic E-state index is 0.188. The third-order valence-corrected chi connectivity index (χ3v) is 3.46. The van der Waals surface area contributed by atoms with Crippen molar-refractivity contribution < 1.29 is 4.74 Å². The van der Waals surface area contributed by atoms with Crippen molar-refractivity contribution in [2.75, 3.05) is 12.4 Å². The summed E-state index contributed by atoms with van der Waals surface area (Å²) in [6.07, 6.45) is 11.5. The molecule has 0 heterocycles. The van der Waals surface area contributed by atoms with E-state index in [1.807, 2.05) is 24.3 Å². The molecule has 0 aromatic heterocycles. The number of benzene rings is 1. The third-order valence-electron chi connectivity index (χ3n) is 3.46. The molecule has 2 rings (SSSR count). The molecule has 0 bridgehead atoms. The molecule has 2 heteroatoms. The van der Waals surface area contributed by atoms with Crippen molar-refractivity contribution in [2.24, 2.45) is 0 Å². The van der Waals surface area contributed by atoms with Crippen LogP contribution < -0.4 is 10.1 Å². The molecule has 2 nitrogen and oxygen atoms in total. The molecule has 1 aromatic carbocycles. The second-order valence-electron chi connectivity index (χ2n) is 4.61. The van der Waals surface area contributed by atoms with Gasteiger partial charge in [-0.2, -0.15) is 0 Å². The molecule has 1 aliphatic rings. The van der Waals surface area contributed by atoms with Gasteiger partial charge in [-0.15, -0.1) is 6.42 Å². The van der Waals surface area contributed by atoms with E-state index in [-0.39, 0.29) is 5.54 Å². The summed E-state index contributed by atoms with van der Waals surface area (Å²) in [7, 11) is 1.68. The molecule has 17 heavy (non-hydrogen) atoms. The molecular weight excluding hydrogens is 210 g/mol. The van der Waals surface area contributed by atoms with Gasteiger partial charge in [-0.1, -0.05) is 37.3 Å². The van der Waals surface area contributed by atoms with Gasteiger partial charge in [0.1, 0.15) is 5.75 Å². The zero-order valence-corrected chi connectivity index (χ0v) is 10.3. The summed E-state index contributed by atoms with van der Waals surface area (Å²) in [6, 6.07) is 7.94. The highest BCUT2D eigenvalue weighted by Gasteiger charge is 2.30. The van der Waals surface area contributed by atoms with Crippen molar-refractivity contribution in [3.8, 4) is 18.1 Å². The maximum absolute atomic E-state index is 5.72. The average molecular weight is 229 g/mol. The van der Waals surface area contributed by atoms with Crippen LogP contribution in [0.25, 0.3) is 0 Å². The fourth-order valence-corrected chi connectivity index (χ4v) is 2.47. The number of rotatable bonds is 3. The Morgan fingerprint density at radius 3 is 2.59 bits per heavy atom. The van der Waals surface area contributed by atoms with E-state index < -0.39 is 0 Å². The number of terminal acetylenes is 1. The highest BCUT2D eigenvalue weighted by Crippen LogP contribution is 2.34. The predicted octanol–water partition coefficient (Wildman–Crippen LogP) is 3.44. The van der Waals surface area contributed by atoms with Crippen LogP contribution in [-0.4, -0.2) is 12.6 Å². The maximum atomic E-state index is 5.72. The van der Waals surface area contributed by atoms with Gasteiger partial charge in [0.25, 0.3) is 0 Å². The fourth-order valence-electron chi connectivity index (χ4n) is 2.47.